The molecule has 0 fully saturated rings. The van der Waals surface area contributed by atoms with Crippen molar-refractivity contribution in [3.8, 4) is 0 Å². The van der Waals surface area contributed by atoms with Crippen molar-refractivity contribution in [1.29, 1.82) is 0 Å². The van der Waals surface area contributed by atoms with Crippen LogP contribution in [0, 0.1) is 0 Å². The number of hydrogen-bond donors (Lipinski definition) is 1. The number of unbranched alkanes of at least 4 members (excludes halogenated alkanes) is 1. The Balaban J connectivity index is 3.03. The van der Waals surface area contributed by atoms with Gasteiger partial charge in [-0.1, -0.05) is 22.5 Å². The summed E-state index contributed by atoms with van der Waals surface area (Å²) >= 11 is 3.30. The third kappa shape index (κ3) is 5.82. The van der Waals surface area contributed by atoms with E-state index in [2.05, 4.69) is 27.8 Å². The van der Waals surface area contributed by atoms with Gasteiger partial charge in [-0.3, -0.25) is 4.79 Å². The van der Waals surface area contributed by atoms with Crippen molar-refractivity contribution in [2.75, 3.05) is 11.9 Å². The topological polar surface area (TPSA) is 29.1 Å². The molecule has 0 aromatic rings. The maximum atomic E-state index is 10.5. The zero-order valence-corrected chi connectivity index (χ0v) is 7.49. The summed E-state index contributed by atoms with van der Waals surface area (Å²) in [5, 5.41) is 3.69. The number of hydrogen-bond acceptors (Lipinski definition) is 1. The highest BCUT2D eigenvalue weighted by molar-refractivity contribution is 9.09. The summed E-state index contributed by atoms with van der Waals surface area (Å²) in [6.45, 7) is 4.08. The fourth-order valence-corrected chi connectivity index (χ4v) is 0.900. The van der Waals surface area contributed by atoms with Gasteiger partial charge in [0, 0.05) is 11.9 Å². The predicted octanol–water partition coefficient (Wildman–Crippen LogP) is 1.46. The van der Waals surface area contributed by atoms with Crippen molar-refractivity contribution < 1.29 is 4.79 Å². The first-order valence-corrected chi connectivity index (χ1v) is 4.39. The van der Waals surface area contributed by atoms with Gasteiger partial charge in [0.1, 0.15) is 0 Å². The molecule has 0 atom stereocenters. The molecule has 58 valence electrons. The molecule has 10 heavy (non-hydrogen) atoms. The third-order valence-corrected chi connectivity index (χ3v) is 1.61. The molecular formula is C7H12BrNO. The Labute approximate surface area is 69.8 Å². The van der Waals surface area contributed by atoms with E-state index in [1.54, 1.807) is 0 Å². The molecule has 0 rings (SSSR count). The summed E-state index contributed by atoms with van der Waals surface area (Å²) in [7, 11) is 0. The summed E-state index contributed by atoms with van der Waals surface area (Å²) in [5.41, 5.74) is 0. The van der Waals surface area contributed by atoms with E-state index >= 15 is 0 Å². The van der Waals surface area contributed by atoms with Crippen LogP contribution < -0.4 is 5.32 Å². The predicted molar refractivity (Wildman–Crippen MR) is 46.2 cm³/mol. The SMILES string of the molecule is C=CC(=O)NCCCCBr. The van der Waals surface area contributed by atoms with E-state index in [0.29, 0.717) is 0 Å². The Kier molecular flexibility index (Phi) is 6.59. The Hall–Kier alpha value is -0.310. The van der Waals surface area contributed by atoms with Crippen LogP contribution in [0.15, 0.2) is 12.7 Å². The molecule has 0 aromatic carbocycles. The second kappa shape index (κ2) is 6.81. The standard InChI is InChI=1S/C7H12BrNO/c1-2-7(10)9-6-4-3-5-8/h2H,1,3-6H2,(H,9,10). The van der Waals surface area contributed by atoms with Crippen LogP contribution in [0.1, 0.15) is 12.8 Å². The normalized spacial score (nSPS) is 8.90. The van der Waals surface area contributed by atoms with Gasteiger partial charge >= 0.3 is 0 Å². The molecule has 0 aliphatic rings. The van der Waals surface area contributed by atoms with Gasteiger partial charge in [0.15, 0.2) is 0 Å². The first-order valence-electron chi connectivity index (χ1n) is 3.27. The Morgan fingerprint density at radius 3 is 2.80 bits per heavy atom. The Morgan fingerprint density at radius 2 is 2.30 bits per heavy atom. The van der Waals surface area contributed by atoms with Crippen LogP contribution in [0.25, 0.3) is 0 Å². The minimum absolute atomic E-state index is 0.0884. The van der Waals surface area contributed by atoms with Gasteiger partial charge in [-0.2, -0.15) is 0 Å². The van der Waals surface area contributed by atoms with Crippen molar-refractivity contribution in [1.82, 2.24) is 5.32 Å². The number of carbonyl (C=O) groups is 1. The monoisotopic (exact) mass is 205 g/mol. The smallest absolute Gasteiger partial charge is 0.243 e. The first-order chi connectivity index (χ1) is 4.81. The van der Waals surface area contributed by atoms with Gasteiger partial charge in [-0.25, -0.2) is 0 Å². The average molecular weight is 206 g/mol. The number of amides is 1. The summed E-state index contributed by atoms with van der Waals surface area (Å²) < 4.78 is 0. The van der Waals surface area contributed by atoms with E-state index < -0.39 is 0 Å². The second-order valence-corrected chi connectivity index (χ2v) is 2.68. The molecule has 0 heterocycles. The molecule has 1 amide bonds. The van der Waals surface area contributed by atoms with E-state index in [1.165, 1.54) is 6.08 Å². The zero-order valence-electron chi connectivity index (χ0n) is 5.90. The molecule has 1 N–H and O–H groups in total. The van der Waals surface area contributed by atoms with E-state index in [4.69, 9.17) is 0 Å². The second-order valence-electron chi connectivity index (χ2n) is 1.89. The minimum Gasteiger partial charge on any atom is -0.353 e. The number of carbonyl (C=O) groups excluding carboxylic acids is 1. The summed E-state index contributed by atoms with van der Waals surface area (Å²) in [6.07, 6.45) is 3.40. The van der Waals surface area contributed by atoms with Crippen LogP contribution in [0.3, 0.4) is 0 Å². The summed E-state index contributed by atoms with van der Waals surface area (Å²) in [6, 6.07) is 0. The molecule has 3 heteroatoms. The van der Waals surface area contributed by atoms with Crippen molar-refractivity contribution >= 4 is 21.8 Å². The molecule has 0 saturated carbocycles. The third-order valence-electron chi connectivity index (χ3n) is 1.05. The number of rotatable bonds is 5. The highest BCUT2D eigenvalue weighted by Gasteiger charge is 1.90. The van der Waals surface area contributed by atoms with Crippen LogP contribution in [0.2, 0.25) is 0 Å². The maximum Gasteiger partial charge on any atom is 0.243 e. The van der Waals surface area contributed by atoms with Crippen LogP contribution in [0.5, 0.6) is 0 Å². The Morgan fingerprint density at radius 1 is 1.60 bits per heavy atom. The molecule has 2 nitrogen and oxygen atoms in total. The molecule has 0 aliphatic carbocycles. The van der Waals surface area contributed by atoms with Crippen LogP contribution in [0.4, 0.5) is 0 Å². The van der Waals surface area contributed by atoms with Gasteiger partial charge in [-0.05, 0) is 18.9 Å². The maximum absolute atomic E-state index is 10.5. The number of alkyl halides is 1. The van der Waals surface area contributed by atoms with E-state index in [0.717, 1.165) is 24.7 Å². The molecule has 0 saturated heterocycles. The van der Waals surface area contributed by atoms with Gasteiger partial charge in [0.2, 0.25) is 5.91 Å². The quantitative estimate of drug-likeness (QED) is 0.412. The largest absolute Gasteiger partial charge is 0.353 e. The lowest BCUT2D eigenvalue weighted by Crippen LogP contribution is -2.21. The fraction of sp³-hybridized carbons (Fsp3) is 0.571. The molecule has 0 aromatic heterocycles. The van der Waals surface area contributed by atoms with Gasteiger partial charge in [0.25, 0.3) is 0 Å². The molecule has 0 aliphatic heterocycles. The Bertz CT molecular complexity index is 114. The summed E-state index contributed by atoms with van der Waals surface area (Å²) in [5.74, 6) is -0.0884. The summed E-state index contributed by atoms with van der Waals surface area (Å²) in [4.78, 5) is 10.5. The molecule has 0 bridgehead atoms. The molecule has 0 radical (unpaired) electrons. The lowest BCUT2D eigenvalue weighted by atomic mass is 10.3. The van der Waals surface area contributed by atoms with Crippen molar-refractivity contribution in [2.45, 2.75) is 12.8 Å². The lowest BCUT2D eigenvalue weighted by molar-refractivity contribution is -0.116. The minimum atomic E-state index is -0.0884. The van der Waals surface area contributed by atoms with Crippen molar-refractivity contribution in [3.05, 3.63) is 12.7 Å². The van der Waals surface area contributed by atoms with Crippen molar-refractivity contribution in [2.24, 2.45) is 0 Å². The van der Waals surface area contributed by atoms with E-state index in [9.17, 15) is 4.79 Å². The van der Waals surface area contributed by atoms with Crippen LogP contribution >= 0.6 is 15.9 Å². The van der Waals surface area contributed by atoms with E-state index in [1.807, 2.05) is 0 Å². The van der Waals surface area contributed by atoms with Crippen molar-refractivity contribution in [3.63, 3.8) is 0 Å². The molecule has 0 spiro atoms. The van der Waals surface area contributed by atoms with Gasteiger partial charge in [-0.15, -0.1) is 0 Å². The number of halogens is 1. The molecule has 0 unspecified atom stereocenters. The average Bonchev–Trinajstić information content (AvgIpc) is 1.98. The van der Waals surface area contributed by atoms with E-state index in [-0.39, 0.29) is 5.91 Å². The highest BCUT2D eigenvalue weighted by atomic mass is 79.9. The fourth-order valence-electron chi connectivity index (χ4n) is 0.503. The van der Waals surface area contributed by atoms with Gasteiger partial charge in [0.05, 0.1) is 0 Å². The van der Waals surface area contributed by atoms with Gasteiger partial charge < -0.3 is 5.32 Å². The lowest BCUT2D eigenvalue weighted by Gasteiger charge is -1.98. The highest BCUT2D eigenvalue weighted by Crippen LogP contribution is 1.91. The van der Waals surface area contributed by atoms with Crippen LogP contribution in [-0.4, -0.2) is 17.8 Å². The first kappa shape index (κ1) is 9.69. The zero-order chi connectivity index (χ0) is 7.82. The number of nitrogens with one attached hydrogen (secondary N) is 1. The van der Waals surface area contributed by atoms with Crippen LogP contribution in [-0.2, 0) is 4.79 Å². The molecular weight excluding hydrogens is 194 g/mol.